The average molecular weight is 490 g/mol. The third-order valence-corrected chi connectivity index (χ3v) is 6.48. The Kier molecular flexibility index (Phi) is 8.04. The summed E-state index contributed by atoms with van der Waals surface area (Å²) in [4.78, 5) is 40.4. The molecule has 0 saturated heterocycles. The number of likely N-dealkylation sites (N-methyl/N-ethyl adjacent to an activating group) is 1. The van der Waals surface area contributed by atoms with E-state index in [1.165, 1.54) is 38.4 Å². The molecule has 2 aromatic carbocycles. The van der Waals surface area contributed by atoms with Gasteiger partial charge in [0.25, 0.3) is 5.91 Å². The predicted molar refractivity (Wildman–Crippen MR) is 126 cm³/mol. The number of halogens is 1. The molecule has 0 N–H and O–H groups in total. The fourth-order valence-electron chi connectivity index (χ4n) is 4.35. The largest absolute Gasteiger partial charge is 0.493 e. The maximum absolute atomic E-state index is 13.2. The fourth-order valence-corrected chi connectivity index (χ4v) is 4.64. The summed E-state index contributed by atoms with van der Waals surface area (Å²) in [7, 11) is 5.86. The highest BCUT2D eigenvalue weighted by Gasteiger charge is 2.48. The zero-order valence-corrected chi connectivity index (χ0v) is 20.4. The molecular formula is C25H28ClNO7. The maximum Gasteiger partial charge on any atom is 0.338 e. The molecule has 34 heavy (non-hydrogen) atoms. The Morgan fingerprint density at radius 2 is 1.68 bits per heavy atom. The Labute approximate surface area is 203 Å². The van der Waals surface area contributed by atoms with Crippen molar-refractivity contribution in [1.29, 1.82) is 0 Å². The molecule has 0 aliphatic heterocycles. The first-order chi connectivity index (χ1) is 16.3. The second-order valence-corrected chi connectivity index (χ2v) is 8.32. The van der Waals surface area contributed by atoms with E-state index < -0.39 is 24.0 Å². The Morgan fingerprint density at radius 1 is 1.03 bits per heavy atom. The van der Waals surface area contributed by atoms with Gasteiger partial charge in [0, 0.05) is 24.1 Å². The summed E-state index contributed by atoms with van der Waals surface area (Å²) in [5, 5.41) is 0.409. The van der Waals surface area contributed by atoms with Crippen LogP contribution in [-0.2, 0) is 19.9 Å². The van der Waals surface area contributed by atoms with E-state index in [0.717, 1.165) is 12.8 Å². The van der Waals surface area contributed by atoms with Crippen molar-refractivity contribution in [2.75, 3.05) is 35.0 Å². The van der Waals surface area contributed by atoms with Crippen molar-refractivity contribution in [3.8, 4) is 17.2 Å². The van der Waals surface area contributed by atoms with Crippen molar-refractivity contribution in [3.05, 3.63) is 52.5 Å². The van der Waals surface area contributed by atoms with Crippen LogP contribution in [0.15, 0.2) is 36.4 Å². The number of benzene rings is 2. The number of methoxy groups -OCH3 is 3. The van der Waals surface area contributed by atoms with Gasteiger partial charge >= 0.3 is 5.97 Å². The Balaban J connectivity index is 1.83. The van der Waals surface area contributed by atoms with E-state index in [4.69, 9.17) is 30.5 Å². The van der Waals surface area contributed by atoms with Gasteiger partial charge in [0.15, 0.2) is 23.9 Å². The van der Waals surface area contributed by atoms with E-state index in [1.807, 2.05) is 0 Å². The molecule has 0 unspecified atom stereocenters. The second-order valence-electron chi connectivity index (χ2n) is 7.91. The van der Waals surface area contributed by atoms with Gasteiger partial charge in [-0.25, -0.2) is 4.79 Å². The summed E-state index contributed by atoms with van der Waals surface area (Å²) in [6, 6.07) is 9.89. The molecule has 0 radical (unpaired) electrons. The van der Waals surface area contributed by atoms with Crippen molar-refractivity contribution in [2.24, 2.45) is 0 Å². The van der Waals surface area contributed by atoms with Gasteiger partial charge in [-0.2, -0.15) is 0 Å². The summed E-state index contributed by atoms with van der Waals surface area (Å²) in [6.07, 6.45) is 2.30. The number of hydrogen-bond acceptors (Lipinski definition) is 7. The first-order valence-electron chi connectivity index (χ1n) is 10.8. The zero-order chi connectivity index (χ0) is 24.9. The third kappa shape index (κ3) is 4.68. The first-order valence-corrected chi connectivity index (χ1v) is 11.2. The molecule has 0 bridgehead atoms. The van der Waals surface area contributed by atoms with Gasteiger partial charge in [-0.15, -0.1) is 0 Å². The Hall–Kier alpha value is -3.26. The minimum Gasteiger partial charge on any atom is -0.493 e. The predicted octanol–water partition coefficient (Wildman–Crippen LogP) is 4.02. The number of rotatable bonds is 8. The summed E-state index contributed by atoms with van der Waals surface area (Å²) in [5.74, 6) is -0.460. The van der Waals surface area contributed by atoms with Crippen molar-refractivity contribution in [3.63, 3.8) is 0 Å². The molecule has 8 nitrogen and oxygen atoms in total. The average Bonchev–Trinajstić information content (AvgIpc) is 2.86. The van der Waals surface area contributed by atoms with Gasteiger partial charge < -0.3 is 23.8 Å². The summed E-state index contributed by atoms with van der Waals surface area (Å²) < 4.78 is 21.1. The van der Waals surface area contributed by atoms with Crippen LogP contribution in [0.1, 0.15) is 41.6 Å². The lowest BCUT2D eigenvalue weighted by Crippen LogP contribution is -2.55. The molecule has 3 rings (SSSR count). The quantitative estimate of drug-likeness (QED) is 0.517. The van der Waals surface area contributed by atoms with Gasteiger partial charge in [0.05, 0.1) is 26.9 Å². The number of carbonyl (C=O) groups excluding carboxylic acids is 3. The standard InChI is InChI=1S/C25H28ClNO7/c1-27(25(12-8-7-11-21(25)28)17-9-5-6-10-18(17)26)22(29)15-34-24(30)16-13-19(31-2)23(33-4)20(14-16)32-3/h5-6,9-10,13-14H,7-8,11-12,15H2,1-4H3/t25-/m0/s1. The van der Waals surface area contributed by atoms with Crippen LogP contribution in [0.4, 0.5) is 0 Å². The van der Waals surface area contributed by atoms with E-state index in [2.05, 4.69) is 0 Å². The summed E-state index contributed by atoms with van der Waals surface area (Å²) in [6.45, 7) is -0.550. The van der Waals surface area contributed by atoms with Crippen LogP contribution in [0.3, 0.4) is 0 Å². The molecule has 182 valence electrons. The van der Waals surface area contributed by atoms with Crippen LogP contribution < -0.4 is 14.2 Å². The summed E-state index contributed by atoms with van der Waals surface area (Å²) >= 11 is 6.44. The minimum atomic E-state index is -1.20. The Bertz CT molecular complexity index is 1060. The molecule has 2 aromatic rings. The van der Waals surface area contributed by atoms with Crippen LogP contribution in [0.2, 0.25) is 5.02 Å². The number of hydrogen-bond donors (Lipinski definition) is 0. The number of amides is 1. The molecule has 0 heterocycles. The van der Waals surface area contributed by atoms with Gasteiger partial charge in [-0.05, 0) is 37.5 Å². The number of Topliss-reactive ketones (excluding diaryl/α,β-unsaturated/α-hetero) is 1. The normalized spacial score (nSPS) is 17.6. The third-order valence-electron chi connectivity index (χ3n) is 6.15. The van der Waals surface area contributed by atoms with E-state index in [9.17, 15) is 14.4 Å². The zero-order valence-electron chi connectivity index (χ0n) is 19.7. The van der Waals surface area contributed by atoms with Crippen LogP contribution in [0, 0.1) is 0 Å². The molecule has 1 amide bonds. The lowest BCUT2D eigenvalue weighted by molar-refractivity contribution is -0.150. The van der Waals surface area contributed by atoms with Gasteiger partial charge in [0.1, 0.15) is 5.54 Å². The van der Waals surface area contributed by atoms with Crippen LogP contribution in [0.5, 0.6) is 17.2 Å². The lowest BCUT2D eigenvalue weighted by Gasteiger charge is -2.43. The van der Waals surface area contributed by atoms with E-state index in [0.29, 0.717) is 29.2 Å². The summed E-state index contributed by atoms with van der Waals surface area (Å²) in [5.41, 5.74) is -0.500. The molecule has 1 aliphatic carbocycles. The van der Waals surface area contributed by atoms with Crippen molar-refractivity contribution in [2.45, 2.75) is 31.2 Å². The minimum absolute atomic E-state index is 0.0846. The van der Waals surface area contributed by atoms with Crippen LogP contribution >= 0.6 is 11.6 Å². The molecule has 1 fully saturated rings. The van der Waals surface area contributed by atoms with Crippen molar-refractivity contribution >= 4 is 29.3 Å². The fraction of sp³-hybridized carbons (Fsp3) is 0.400. The topological polar surface area (TPSA) is 91.4 Å². The monoisotopic (exact) mass is 489 g/mol. The van der Waals surface area contributed by atoms with Gasteiger partial charge in [-0.1, -0.05) is 29.8 Å². The van der Waals surface area contributed by atoms with Crippen molar-refractivity contribution < 1.29 is 33.3 Å². The van der Waals surface area contributed by atoms with Crippen molar-refractivity contribution in [1.82, 2.24) is 4.90 Å². The number of carbonyl (C=O) groups is 3. The second kappa shape index (κ2) is 10.8. The molecule has 1 aliphatic rings. The highest BCUT2D eigenvalue weighted by atomic mass is 35.5. The molecular weight excluding hydrogens is 462 g/mol. The highest BCUT2D eigenvalue weighted by Crippen LogP contribution is 2.42. The Morgan fingerprint density at radius 3 is 2.24 bits per heavy atom. The molecule has 0 aromatic heterocycles. The number of nitrogens with zero attached hydrogens (tertiary/aromatic N) is 1. The molecule has 1 atom stereocenters. The van der Waals surface area contributed by atoms with Gasteiger partial charge in [-0.3, -0.25) is 9.59 Å². The van der Waals surface area contributed by atoms with E-state index in [1.54, 1.807) is 31.3 Å². The van der Waals surface area contributed by atoms with E-state index >= 15 is 0 Å². The first kappa shape index (κ1) is 25.4. The van der Waals surface area contributed by atoms with Crippen LogP contribution in [-0.4, -0.2) is 57.5 Å². The van der Waals surface area contributed by atoms with Gasteiger partial charge in [0.2, 0.25) is 5.75 Å². The smallest absolute Gasteiger partial charge is 0.338 e. The molecule has 9 heteroatoms. The van der Waals surface area contributed by atoms with Crippen LogP contribution in [0.25, 0.3) is 0 Å². The lowest BCUT2D eigenvalue weighted by atomic mass is 9.74. The highest BCUT2D eigenvalue weighted by molar-refractivity contribution is 6.31. The number of ketones is 1. The van der Waals surface area contributed by atoms with E-state index in [-0.39, 0.29) is 22.8 Å². The molecule has 0 spiro atoms. The maximum atomic E-state index is 13.2. The number of esters is 1. The number of ether oxygens (including phenoxy) is 4. The SMILES string of the molecule is COc1cc(C(=O)OCC(=O)N(C)[C@]2(c3ccccc3Cl)CCCCC2=O)cc(OC)c1OC. The molecule has 1 saturated carbocycles.